The minimum Gasteiger partial charge on any atom is -0.396 e. The first-order valence-corrected chi connectivity index (χ1v) is 16.3. The Morgan fingerprint density at radius 1 is 0.977 bits per heavy atom. The van der Waals surface area contributed by atoms with Crippen molar-refractivity contribution in [3.63, 3.8) is 0 Å². The van der Waals surface area contributed by atoms with Crippen LogP contribution in [0.2, 0.25) is 5.02 Å². The summed E-state index contributed by atoms with van der Waals surface area (Å²) in [5.74, 6) is -2.78. The van der Waals surface area contributed by atoms with Gasteiger partial charge < -0.3 is 10.8 Å². The number of aliphatic hydroxyl groups is 1. The molecule has 8 rings (SSSR count). The van der Waals surface area contributed by atoms with Crippen LogP contribution in [-0.4, -0.2) is 63.4 Å². The number of piperidine rings is 1. The molecule has 3 aromatic rings. The van der Waals surface area contributed by atoms with Gasteiger partial charge in [-0.05, 0) is 56.0 Å². The SMILES string of the molecule is NC(=O)N1C(=O)C2C(C1=O)C1C=C(CCCO)C2C(c2ccc(CN3CCCC3)cc2)N1Cc1sc2ccccc2c1Cl. The molecule has 1 aliphatic carbocycles. The molecule has 2 bridgehead atoms. The third-order valence-electron chi connectivity index (χ3n) is 9.74. The quantitative estimate of drug-likeness (QED) is 0.269. The number of carbonyl (C=O) groups excluding carboxylic acids is 3. The minimum atomic E-state index is -1.03. The van der Waals surface area contributed by atoms with Gasteiger partial charge in [0.2, 0.25) is 11.8 Å². The number of fused-ring (bicyclic) bond motifs is 2. The molecule has 0 saturated carbocycles. The third kappa shape index (κ3) is 4.82. The molecule has 2 aromatic carbocycles. The monoisotopic (exact) mass is 618 g/mol. The Morgan fingerprint density at radius 3 is 2.40 bits per heavy atom. The average molecular weight is 619 g/mol. The molecular weight excluding hydrogens is 584 g/mol. The van der Waals surface area contributed by atoms with Gasteiger partial charge in [-0.1, -0.05) is 65.7 Å². The second kappa shape index (κ2) is 11.4. The van der Waals surface area contributed by atoms with E-state index in [2.05, 4.69) is 46.2 Å². The van der Waals surface area contributed by atoms with E-state index in [1.54, 1.807) is 11.3 Å². The normalized spacial score (nSPS) is 27.3. The van der Waals surface area contributed by atoms with Crippen molar-refractivity contribution in [3.8, 4) is 0 Å². The van der Waals surface area contributed by atoms with Crippen molar-refractivity contribution in [2.24, 2.45) is 23.5 Å². The predicted octanol–water partition coefficient (Wildman–Crippen LogP) is 5.08. The number of nitrogens with zero attached hydrogens (tertiary/aromatic N) is 3. The molecule has 4 aliphatic heterocycles. The lowest BCUT2D eigenvalue weighted by atomic mass is 9.61. The maximum absolute atomic E-state index is 13.7. The largest absolute Gasteiger partial charge is 0.396 e. The molecule has 8 nitrogen and oxygen atoms in total. The van der Waals surface area contributed by atoms with Crippen molar-refractivity contribution in [2.75, 3.05) is 19.7 Å². The summed E-state index contributed by atoms with van der Waals surface area (Å²) in [5, 5.41) is 11.4. The second-order valence-electron chi connectivity index (χ2n) is 12.2. The standard InChI is InChI=1S/C33H35ClN4O4S/c34-29-22-7-1-2-8-24(22)43-25(29)18-37-23-16-21(6-5-15-39)26(28-27(23)31(40)38(32(28)41)33(35)42)30(37)20-11-9-19(10-12-20)17-36-13-3-4-14-36/h1-2,7-12,16,23,26-28,30,39H,3-6,13-15,17-18H2,(H2,35,42). The summed E-state index contributed by atoms with van der Waals surface area (Å²) in [7, 11) is 0. The van der Waals surface area contributed by atoms with Crippen LogP contribution in [0.5, 0.6) is 0 Å². The molecular formula is C33H35ClN4O4S. The molecule has 10 heteroatoms. The van der Waals surface area contributed by atoms with Crippen LogP contribution >= 0.6 is 22.9 Å². The summed E-state index contributed by atoms with van der Waals surface area (Å²) >= 11 is 8.58. The van der Waals surface area contributed by atoms with E-state index >= 15 is 0 Å². The molecule has 5 atom stereocenters. The van der Waals surface area contributed by atoms with Gasteiger partial charge in [-0.3, -0.25) is 19.4 Å². The molecule has 0 radical (unpaired) electrons. The Balaban J connectivity index is 1.33. The number of likely N-dealkylation sites (tertiary alicyclic amines) is 2. The smallest absolute Gasteiger partial charge is 0.328 e. The number of primary amides is 1. The van der Waals surface area contributed by atoms with Crippen LogP contribution in [0.25, 0.3) is 10.1 Å². The van der Waals surface area contributed by atoms with Crippen LogP contribution in [0.4, 0.5) is 4.79 Å². The summed E-state index contributed by atoms with van der Waals surface area (Å²) in [6.07, 6.45) is 5.74. The van der Waals surface area contributed by atoms with E-state index < -0.39 is 35.7 Å². The lowest BCUT2D eigenvalue weighted by molar-refractivity contribution is -0.136. The first-order chi connectivity index (χ1) is 20.9. The number of aliphatic hydroxyl groups excluding tert-OH is 1. The van der Waals surface area contributed by atoms with Crippen LogP contribution in [0.15, 0.2) is 60.2 Å². The van der Waals surface area contributed by atoms with Crippen molar-refractivity contribution < 1.29 is 19.5 Å². The van der Waals surface area contributed by atoms with Gasteiger partial charge in [0.1, 0.15) is 0 Å². The molecule has 0 spiro atoms. The number of benzene rings is 2. The topological polar surface area (TPSA) is 107 Å². The average Bonchev–Trinajstić information content (AvgIpc) is 3.70. The molecule has 43 heavy (non-hydrogen) atoms. The zero-order valence-corrected chi connectivity index (χ0v) is 25.4. The summed E-state index contributed by atoms with van der Waals surface area (Å²) in [6, 6.07) is 15.0. The Hall–Kier alpha value is -3.08. The van der Waals surface area contributed by atoms with E-state index in [4.69, 9.17) is 17.3 Å². The molecule has 4 amide bonds. The fraction of sp³-hybridized carbons (Fsp3) is 0.424. The Kier molecular flexibility index (Phi) is 7.63. The summed E-state index contributed by atoms with van der Waals surface area (Å²) < 4.78 is 1.09. The third-order valence-corrected chi connectivity index (χ3v) is 11.4. The van der Waals surface area contributed by atoms with Gasteiger partial charge in [0.15, 0.2) is 0 Å². The maximum Gasteiger partial charge on any atom is 0.328 e. The highest BCUT2D eigenvalue weighted by Gasteiger charge is 2.64. The molecule has 1 aromatic heterocycles. The Labute approximate surface area is 259 Å². The van der Waals surface area contributed by atoms with Crippen LogP contribution in [0.3, 0.4) is 0 Å². The zero-order chi connectivity index (χ0) is 29.8. The lowest BCUT2D eigenvalue weighted by Gasteiger charge is -2.55. The summed E-state index contributed by atoms with van der Waals surface area (Å²) in [4.78, 5) is 46.1. The van der Waals surface area contributed by atoms with Gasteiger partial charge in [0, 0.05) is 52.7 Å². The van der Waals surface area contributed by atoms with E-state index in [1.807, 2.05) is 18.2 Å². The summed E-state index contributed by atoms with van der Waals surface area (Å²) in [5.41, 5.74) is 8.93. The van der Waals surface area contributed by atoms with E-state index in [1.165, 1.54) is 18.4 Å². The van der Waals surface area contributed by atoms with Crippen LogP contribution in [-0.2, 0) is 22.7 Å². The molecule has 5 heterocycles. The highest BCUT2D eigenvalue weighted by molar-refractivity contribution is 7.19. The first-order valence-electron chi connectivity index (χ1n) is 15.1. The lowest BCUT2D eigenvalue weighted by Crippen LogP contribution is -2.58. The Morgan fingerprint density at radius 2 is 1.70 bits per heavy atom. The molecule has 5 unspecified atom stereocenters. The van der Waals surface area contributed by atoms with Crippen molar-refractivity contribution in [1.29, 1.82) is 0 Å². The number of carbonyl (C=O) groups is 3. The zero-order valence-electron chi connectivity index (χ0n) is 23.8. The van der Waals surface area contributed by atoms with Gasteiger partial charge in [-0.2, -0.15) is 4.90 Å². The van der Waals surface area contributed by atoms with Gasteiger partial charge in [0.05, 0.1) is 16.9 Å². The van der Waals surface area contributed by atoms with Crippen LogP contribution in [0, 0.1) is 17.8 Å². The Bertz CT molecular complexity index is 1610. The summed E-state index contributed by atoms with van der Waals surface area (Å²) in [6.45, 7) is 3.66. The number of hydrogen-bond donors (Lipinski definition) is 2. The van der Waals surface area contributed by atoms with Crippen molar-refractivity contribution in [1.82, 2.24) is 14.7 Å². The molecule has 3 saturated heterocycles. The van der Waals surface area contributed by atoms with Crippen molar-refractivity contribution >= 4 is 50.9 Å². The molecule has 3 fully saturated rings. The number of hydrogen-bond acceptors (Lipinski definition) is 7. The second-order valence-corrected chi connectivity index (χ2v) is 13.7. The molecule has 224 valence electrons. The van der Waals surface area contributed by atoms with Crippen molar-refractivity contribution in [2.45, 2.75) is 50.9 Å². The number of halogens is 1. The number of thiophene rings is 1. The maximum atomic E-state index is 13.7. The minimum absolute atomic E-state index is 0.0279. The number of rotatable bonds is 8. The van der Waals surface area contributed by atoms with Gasteiger partial charge in [-0.15, -0.1) is 11.3 Å². The fourth-order valence-corrected chi connectivity index (χ4v) is 9.41. The fourth-order valence-electron chi connectivity index (χ4n) is 7.91. The van der Waals surface area contributed by atoms with Crippen molar-refractivity contribution in [3.05, 3.63) is 81.2 Å². The van der Waals surface area contributed by atoms with E-state index in [0.717, 1.165) is 45.7 Å². The highest BCUT2D eigenvalue weighted by Crippen LogP contribution is 2.57. The van der Waals surface area contributed by atoms with Gasteiger partial charge in [0.25, 0.3) is 0 Å². The van der Waals surface area contributed by atoms with Gasteiger partial charge >= 0.3 is 6.03 Å². The number of imide groups is 3. The first kappa shape index (κ1) is 28.7. The highest BCUT2D eigenvalue weighted by atomic mass is 35.5. The van der Waals surface area contributed by atoms with E-state index in [-0.39, 0.29) is 18.6 Å². The number of urea groups is 1. The number of nitrogens with two attached hydrogens (primary N) is 1. The van der Waals surface area contributed by atoms with Crippen LogP contribution in [0.1, 0.15) is 47.7 Å². The molecule has 5 aliphatic rings. The van der Waals surface area contributed by atoms with E-state index in [9.17, 15) is 19.5 Å². The van der Waals surface area contributed by atoms with Crippen LogP contribution < -0.4 is 5.73 Å². The molecule has 3 N–H and O–H groups in total. The van der Waals surface area contributed by atoms with Gasteiger partial charge in [-0.25, -0.2) is 4.79 Å². The van der Waals surface area contributed by atoms with E-state index in [0.29, 0.717) is 29.3 Å². The number of amides is 4. The predicted molar refractivity (Wildman–Crippen MR) is 166 cm³/mol.